The Labute approximate surface area is 121 Å². The minimum atomic E-state index is -0.996. The summed E-state index contributed by atoms with van der Waals surface area (Å²) in [4.78, 5) is 15.8. The highest BCUT2D eigenvalue weighted by Crippen LogP contribution is 2.26. The third kappa shape index (κ3) is 3.08. The normalized spacial score (nSPS) is 11.9. The number of nitrogens with zero attached hydrogens (tertiary/aromatic N) is 1. The number of benzene rings is 1. The fraction of sp³-hybridized carbons (Fsp3) is 0.286. The fourth-order valence-electron chi connectivity index (χ4n) is 1.82. The van der Waals surface area contributed by atoms with Crippen molar-refractivity contribution in [1.29, 1.82) is 0 Å². The molecule has 2 N–H and O–H groups in total. The number of hydrogen-bond acceptors (Lipinski definition) is 5. The summed E-state index contributed by atoms with van der Waals surface area (Å²) in [6, 6.07) is 7.75. The summed E-state index contributed by atoms with van der Waals surface area (Å²) in [6.45, 7) is 3.75. The van der Waals surface area contributed by atoms with Crippen LogP contribution in [0.1, 0.15) is 33.9 Å². The Morgan fingerprint density at radius 3 is 2.55 bits per heavy atom. The highest BCUT2D eigenvalue weighted by molar-refractivity contribution is 7.15. The van der Waals surface area contributed by atoms with Crippen LogP contribution in [0.5, 0.6) is 5.75 Å². The molecule has 0 radical (unpaired) electrons. The van der Waals surface area contributed by atoms with E-state index in [1.165, 1.54) is 11.3 Å². The quantitative estimate of drug-likeness (QED) is 0.884. The van der Waals surface area contributed by atoms with Gasteiger partial charge in [0.15, 0.2) is 10.8 Å². The third-order valence-corrected chi connectivity index (χ3v) is 3.86. The van der Waals surface area contributed by atoms with E-state index in [1.54, 1.807) is 14.0 Å². The van der Waals surface area contributed by atoms with Gasteiger partial charge in [-0.1, -0.05) is 12.1 Å². The number of anilines is 1. The Bertz CT molecular complexity index is 607. The summed E-state index contributed by atoms with van der Waals surface area (Å²) in [5.41, 5.74) is 1.19. The Morgan fingerprint density at radius 1 is 1.40 bits per heavy atom. The second kappa shape index (κ2) is 5.92. The van der Waals surface area contributed by atoms with Gasteiger partial charge >= 0.3 is 5.97 Å². The van der Waals surface area contributed by atoms with Crippen molar-refractivity contribution < 1.29 is 14.6 Å². The average Bonchev–Trinajstić information content (AvgIpc) is 2.79. The molecule has 0 aliphatic rings. The number of carboxylic acid groups (broad SMARTS) is 1. The predicted molar refractivity (Wildman–Crippen MR) is 78.8 cm³/mol. The first-order valence-electron chi connectivity index (χ1n) is 6.12. The van der Waals surface area contributed by atoms with Crippen molar-refractivity contribution in [2.75, 3.05) is 12.4 Å². The van der Waals surface area contributed by atoms with Crippen molar-refractivity contribution in [2.24, 2.45) is 0 Å². The lowest BCUT2D eigenvalue weighted by Crippen LogP contribution is -2.07. The molecule has 0 bridgehead atoms. The number of carbonyl (C=O) groups is 1. The molecule has 0 aliphatic heterocycles. The second-order valence-corrected chi connectivity index (χ2v) is 5.57. The zero-order chi connectivity index (χ0) is 14.7. The Kier molecular flexibility index (Phi) is 4.24. The number of methoxy groups -OCH3 is 1. The highest BCUT2D eigenvalue weighted by Gasteiger charge is 2.15. The Hall–Kier alpha value is -2.08. The predicted octanol–water partition coefficient (Wildman–Crippen LogP) is 3.33. The smallest absolute Gasteiger partial charge is 0.355 e. The van der Waals surface area contributed by atoms with Crippen LogP contribution in [0.4, 0.5) is 5.13 Å². The topological polar surface area (TPSA) is 71.5 Å². The van der Waals surface area contributed by atoms with E-state index in [9.17, 15) is 4.79 Å². The lowest BCUT2D eigenvalue weighted by Gasteiger charge is -2.13. The van der Waals surface area contributed by atoms with Crippen LogP contribution in [0.25, 0.3) is 0 Å². The molecule has 1 aromatic heterocycles. The lowest BCUT2D eigenvalue weighted by atomic mass is 10.1. The van der Waals surface area contributed by atoms with Gasteiger partial charge < -0.3 is 15.2 Å². The number of hydrogen-bond donors (Lipinski definition) is 2. The molecule has 0 saturated heterocycles. The fourth-order valence-corrected chi connectivity index (χ4v) is 2.71. The van der Waals surface area contributed by atoms with Gasteiger partial charge in [0, 0.05) is 4.88 Å². The molecule has 0 fully saturated rings. The zero-order valence-corrected chi connectivity index (χ0v) is 12.3. The minimum absolute atomic E-state index is 0.0353. The van der Waals surface area contributed by atoms with Crippen molar-refractivity contribution in [2.45, 2.75) is 19.9 Å². The Balaban J connectivity index is 2.12. The summed E-state index contributed by atoms with van der Waals surface area (Å²) < 4.78 is 5.12. The first kappa shape index (κ1) is 14.3. The molecule has 2 rings (SSSR count). The molecule has 1 aromatic carbocycles. The van der Waals surface area contributed by atoms with Crippen LogP contribution in [-0.4, -0.2) is 23.2 Å². The van der Waals surface area contributed by atoms with Gasteiger partial charge in [0.05, 0.1) is 13.2 Å². The molecule has 20 heavy (non-hydrogen) atoms. The van der Waals surface area contributed by atoms with Crippen LogP contribution < -0.4 is 10.1 Å². The lowest BCUT2D eigenvalue weighted by molar-refractivity contribution is 0.0690. The molecule has 2 aromatic rings. The highest BCUT2D eigenvalue weighted by atomic mass is 32.1. The van der Waals surface area contributed by atoms with Crippen LogP contribution >= 0.6 is 11.3 Å². The summed E-state index contributed by atoms with van der Waals surface area (Å²) in [6.07, 6.45) is 0. The van der Waals surface area contributed by atoms with E-state index < -0.39 is 5.97 Å². The number of carboxylic acids is 1. The van der Waals surface area contributed by atoms with E-state index in [1.807, 2.05) is 31.2 Å². The van der Waals surface area contributed by atoms with Crippen LogP contribution in [0.15, 0.2) is 24.3 Å². The number of aryl methyl sites for hydroxylation is 1. The maximum absolute atomic E-state index is 11.0. The number of aromatic carboxylic acids is 1. The van der Waals surface area contributed by atoms with E-state index in [4.69, 9.17) is 9.84 Å². The number of rotatable bonds is 5. The molecule has 6 heteroatoms. The molecule has 0 spiro atoms. The number of thiazole rings is 1. The van der Waals surface area contributed by atoms with E-state index in [0.717, 1.165) is 11.3 Å². The van der Waals surface area contributed by atoms with Gasteiger partial charge in [0.1, 0.15) is 5.75 Å². The number of ether oxygens (including phenoxy) is 1. The molecular weight excluding hydrogens is 276 g/mol. The van der Waals surface area contributed by atoms with Crippen LogP contribution in [-0.2, 0) is 0 Å². The SMILES string of the molecule is COc1ccc(C(C)Nc2nc(C(=O)O)c(C)s2)cc1. The van der Waals surface area contributed by atoms with E-state index in [-0.39, 0.29) is 11.7 Å². The minimum Gasteiger partial charge on any atom is -0.497 e. The first-order chi connectivity index (χ1) is 9.51. The van der Waals surface area contributed by atoms with Crippen molar-refractivity contribution in [3.05, 3.63) is 40.4 Å². The summed E-state index contributed by atoms with van der Waals surface area (Å²) >= 11 is 1.35. The summed E-state index contributed by atoms with van der Waals surface area (Å²) in [7, 11) is 1.63. The van der Waals surface area contributed by atoms with Crippen molar-refractivity contribution in [1.82, 2.24) is 4.98 Å². The molecule has 1 unspecified atom stereocenters. The van der Waals surface area contributed by atoms with Crippen molar-refractivity contribution >= 4 is 22.4 Å². The molecule has 0 saturated carbocycles. The van der Waals surface area contributed by atoms with Gasteiger partial charge in [-0.25, -0.2) is 9.78 Å². The van der Waals surface area contributed by atoms with Gasteiger partial charge in [0.2, 0.25) is 0 Å². The van der Waals surface area contributed by atoms with Crippen molar-refractivity contribution in [3.63, 3.8) is 0 Å². The second-order valence-electron chi connectivity index (χ2n) is 4.37. The Morgan fingerprint density at radius 2 is 2.05 bits per heavy atom. The van der Waals surface area contributed by atoms with Crippen LogP contribution in [0.3, 0.4) is 0 Å². The molecule has 1 heterocycles. The summed E-state index contributed by atoms with van der Waals surface area (Å²) in [5, 5.41) is 12.8. The van der Waals surface area contributed by atoms with Crippen LogP contribution in [0, 0.1) is 6.92 Å². The molecular formula is C14H16N2O3S. The van der Waals surface area contributed by atoms with Crippen LogP contribution in [0.2, 0.25) is 0 Å². The molecule has 5 nitrogen and oxygen atoms in total. The maximum atomic E-state index is 11.0. The number of nitrogens with one attached hydrogen (secondary N) is 1. The van der Waals surface area contributed by atoms with Gasteiger partial charge in [-0.3, -0.25) is 0 Å². The molecule has 106 valence electrons. The molecule has 0 amide bonds. The van der Waals surface area contributed by atoms with Gasteiger partial charge in [-0.05, 0) is 31.5 Å². The first-order valence-corrected chi connectivity index (χ1v) is 6.94. The maximum Gasteiger partial charge on any atom is 0.355 e. The van der Waals surface area contributed by atoms with Crippen molar-refractivity contribution in [3.8, 4) is 5.75 Å². The van der Waals surface area contributed by atoms with Gasteiger partial charge in [0.25, 0.3) is 0 Å². The monoisotopic (exact) mass is 292 g/mol. The third-order valence-electron chi connectivity index (χ3n) is 2.95. The van der Waals surface area contributed by atoms with E-state index in [2.05, 4.69) is 10.3 Å². The zero-order valence-electron chi connectivity index (χ0n) is 11.5. The molecule has 0 aliphatic carbocycles. The van der Waals surface area contributed by atoms with E-state index >= 15 is 0 Å². The largest absolute Gasteiger partial charge is 0.497 e. The van der Waals surface area contributed by atoms with Gasteiger partial charge in [-0.15, -0.1) is 11.3 Å². The number of aromatic nitrogens is 1. The van der Waals surface area contributed by atoms with Gasteiger partial charge in [-0.2, -0.15) is 0 Å². The molecule has 1 atom stereocenters. The van der Waals surface area contributed by atoms with E-state index in [0.29, 0.717) is 10.0 Å². The average molecular weight is 292 g/mol. The standard InChI is InChI=1S/C14H16N2O3S/c1-8(10-4-6-11(19-3)7-5-10)15-14-16-12(13(17)18)9(2)20-14/h4-8H,1-3H3,(H,15,16)(H,17,18). The summed E-state index contributed by atoms with van der Waals surface area (Å²) in [5.74, 6) is -0.192.